The molecule has 2 rings (SSSR count). The van der Waals surface area contributed by atoms with E-state index in [9.17, 15) is 14.7 Å². The first kappa shape index (κ1) is 15.8. The fraction of sp³-hybridized carbons (Fsp3) is 0.286. The molecular weight excluding hydrogens is 317 g/mol. The SMILES string of the molecule is O=C(O)[C@@H]1C[C@@H](O)CN1C(=O)C=Cc1ccc(Cl)c(Cl)c1. The molecule has 0 radical (unpaired) electrons. The first-order chi connectivity index (χ1) is 9.88. The van der Waals surface area contributed by atoms with Gasteiger partial charge in [-0.2, -0.15) is 0 Å². The summed E-state index contributed by atoms with van der Waals surface area (Å²) in [5, 5.41) is 19.3. The average molecular weight is 330 g/mol. The van der Waals surface area contributed by atoms with Crippen LogP contribution >= 0.6 is 23.2 Å². The molecule has 21 heavy (non-hydrogen) atoms. The Balaban J connectivity index is 2.11. The van der Waals surface area contributed by atoms with Crippen molar-refractivity contribution < 1.29 is 19.8 Å². The van der Waals surface area contributed by atoms with Gasteiger partial charge in [0.15, 0.2) is 0 Å². The summed E-state index contributed by atoms with van der Waals surface area (Å²) < 4.78 is 0. The molecule has 2 atom stereocenters. The zero-order valence-corrected chi connectivity index (χ0v) is 12.4. The first-order valence-electron chi connectivity index (χ1n) is 6.23. The normalized spacial score (nSPS) is 22.0. The van der Waals surface area contributed by atoms with E-state index >= 15 is 0 Å². The minimum absolute atomic E-state index is 0.0154. The Morgan fingerprint density at radius 3 is 2.62 bits per heavy atom. The van der Waals surface area contributed by atoms with E-state index in [-0.39, 0.29) is 13.0 Å². The summed E-state index contributed by atoms with van der Waals surface area (Å²) in [5.74, 6) is -1.59. The number of hydrogen-bond donors (Lipinski definition) is 2. The summed E-state index contributed by atoms with van der Waals surface area (Å²) in [6, 6.07) is 3.89. The van der Waals surface area contributed by atoms with E-state index in [1.165, 1.54) is 12.2 Å². The molecule has 112 valence electrons. The first-order valence-corrected chi connectivity index (χ1v) is 6.98. The third-order valence-corrected chi connectivity index (χ3v) is 3.95. The third kappa shape index (κ3) is 3.75. The molecule has 0 bridgehead atoms. The Hall–Kier alpha value is -1.56. The van der Waals surface area contributed by atoms with Crippen LogP contribution in [0.5, 0.6) is 0 Å². The molecule has 7 heteroatoms. The van der Waals surface area contributed by atoms with Gasteiger partial charge >= 0.3 is 5.97 Å². The van der Waals surface area contributed by atoms with Crippen molar-refractivity contribution in [1.82, 2.24) is 4.90 Å². The lowest BCUT2D eigenvalue weighted by atomic mass is 10.2. The summed E-state index contributed by atoms with van der Waals surface area (Å²) in [6.45, 7) is 0.0154. The van der Waals surface area contributed by atoms with Crippen molar-refractivity contribution >= 4 is 41.2 Å². The second-order valence-corrected chi connectivity index (χ2v) is 5.56. The maximum absolute atomic E-state index is 12.0. The zero-order valence-electron chi connectivity index (χ0n) is 10.9. The summed E-state index contributed by atoms with van der Waals surface area (Å²) in [6.07, 6.45) is 2.01. The van der Waals surface area contributed by atoms with Crippen molar-refractivity contribution in [1.29, 1.82) is 0 Å². The number of halogens is 2. The molecule has 1 aromatic carbocycles. The predicted octanol–water partition coefficient (Wildman–Crippen LogP) is 2.05. The van der Waals surface area contributed by atoms with E-state index in [1.807, 2.05) is 0 Å². The van der Waals surface area contributed by atoms with Crippen LogP contribution in [0.15, 0.2) is 24.3 Å². The van der Waals surface area contributed by atoms with Crippen LogP contribution in [0.25, 0.3) is 6.08 Å². The van der Waals surface area contributed by atoms with Gasteiger partial charge < -0.3 is 15.1 Å². The smallest absolute Gasteiger partial charge is 0.326 e. The molecule has 1 saturated heterocycles. The van der Waals surface area contributed by atoms with Crippen molar-refractivity contribution in [2.45, 2.75) is 18.6 Å². The summed E-state index contributed by atoms with van der Waals surface area (Å²) in [5.41, 5.74) is 0.671. The van der Waals surface area contributed by atoms with Crippen molar-refractivity contribution in [3.63, 3.8) is 0 Å². The Morgan fingerprint density at radius 2 is 2.00 bits per heavy atom. The van der Waals surface area contributed by atoms with E-state index in [0.717, 1.165) is 4.90 Å². The van der Waals surface area contributed by atoms with Gasteiger partial charge in [0.2, 0.25) is 5.91 Å². The molecule has 1 amide bonds. The summed E-state index contributed by atoms with van der Waals surface area (Å²) in [7, 11) is 0. The molecule has 0 unspecified atom stereocenters. The number of carbonyl (C=O) groups is 2. The molecule has 1 aliphatic rings. The highest BCUT2D eigenvalue weighted by molar-refractivity contribution is 6.42. The number of aliphatic carboxylic acids is 1. The van der Waals surface area contributed by atoms with Gasteiger partial charge in [0, 0.05) is 19.0 Å². The van der Waals surface area contributed by atoms with Crippen molar-refractivity contribution in [2.75, 3.05) is 6.54 Å². The Labute approximate surface area is 131 Å². The number of rotatable bonds is 3. The highest BCUT2D eigenvalue weighted by Gasteiger charge is 2.37. The van der Waals surface area contributed by atoms with Crippen LogP contribution in [-0.2, 0) is 9.59 Å². The Kier molecular flexibility index (Phi) is 4.88. The third-order valence-electron chi connectivity index (χ3n) is 3.21. The second-order valence-electron chi connectivity index (χ2n) is 4.74. The lowest BCUT2D eigenvalue weighted by molar-refractivity contribution is -0.146. The number of carboxylic acids is 1. The van der Waals surface area contributed by atoms with Gasteiger partial charge in [-0.3, -0.25) is 4.79 Å². The number of carbonyl (C=O) groups excluding carboxylic acids is 1. The number of aliphatic hydroxyl groups is 1. The standard InChI is InChI=1S/C14H13Cl2NO4/c15-10-3-1-8(5-11(10)16)2-4-13(19)17-7-9(18)6-12(17)14(20)21/h1-5,9,12,18H,6-7H2,(H,20,21)/t9-,12+/m1/s1. The summed E-state index contributed by atoms with van der Waals surface area (Å²) >= 11 is 11.7. The second kappa shape index (κ2) is 6.47. The molecule has 0 saturated carbocycles. The molecule has 1 fully saturated rings. The van der Waals surface area contributed by atoms with Crippen molar-refractivity contribution in [2.24, 2.45) is 0 Å². The molecular formula is C14H13Cl2NO4. The number of amides is 1. The van der Waals surface area contributed by atoms with Crippen LogP contribution < -0.4 is 0 Å². The maximum Gasteiger partial charge on any atom is 0.326 e. The topological polar surface area (TPSA) is 77.8 Å². The lowest BCUT2D eigenvalue weighted by Crippen LogP contribution is -2.39. The number of benzene rings is 1. The van der Waals surface area contributed by atoms with Gasteiger partial charge in [-0.25, -0.2) is 4.79 Å². The largest absolute Gasteiger partial charge is 0.480 e. The highest BCUT2D eigenvalue weighted by Crippen LogP contribution is 2.23. The Bertz CT molecular complexity index is 603. The van der Waals surface area contributed by atoms with Gasteiger partial charge in [-0.1, -0.05) is 29.3 Å². The predicted molar refractivity (Wildman–Crippen MR) is 79.3 cm³/mol. The van der Waals surface area contributed by atoms with E-state index in [4.69, 9.17) is 28.3 Å². The van der Waals surface area contributed by atoms with Crippen LogP contribution in [0.2, 0.25) is 10.0 Å². The van der Waals surface area contributed by atoms with Crippen LogP contribution in [0, 0.1) is 0 Å². The number of carboxylic acid groups (broad SMARTS) is 1. The van der Waals surface area contributed by atoms with E-state index in [1.54, 1.807) is 18.2 Å². The van der Waals surface area contributed by atoms with E-state index in [0.29, 0.717) is 15.6 Å². The van der Waals surface area contributed by atoms with Gasteiger partial charge in [0.05, 0.1) is 16.1 Å². The van der Waals surface area contributed by atoms with E-state index in [2.05, 4.69) is 0 Å². The zero-order chi connectivity index (χ0) is 15.6. The van der Waals surface area contributed by atoms with Crippen LogP contribution in [0.4, 0.5) is 0 Å². The number of hydrogen-bond acceptors (Lipinski definition) is 3. The monoisotopic (exact) mass is 329 g/mol. The van der Waals surface area contributed by atoms with Crippen LogP contribution in [0.3, 0.4) is 0 Å². The average Bonchev–Trinajstić information content (AvgIpc) is 2.82. The molecule has 0 aromatic heterocycles. The fourth-order valence-electron chi connectivity index (χ4n) is 2.17. The molecule has 1 heterocycles. The lowest BCUT2D eigenvalue weighted by Gasteiger charge is -2.19. The molecule has 0 spiro atoms. The fourth-order valence-corrected chi connectivity index (χ4v) is 2.48. The van der Waals surface area contributed by atoms with Crippen LogP contribution in [0.1, 0.15) is 12.0 Å². The van der Waals surface area contributed by atoms with Gasteiger partial charge in [-0.15, -0.1) is 0 Å². The summed E-state index contributed by atoms with van der Waals surface area (Å²) in [4.78, 5) is 24.2. The van der Waals surface area contributed by atoms with Crippen molar-refractivity contribution in [3.8, 4) is 0 Å². The van der Waals surface area contributed by atoms with Gasteiger partial charge in [0.1, 0.15) is 6.04 Å². The minimum atomic E-state index is -1.12. The van der Waals surface area contributed by atoms with Crippen LogP contribution in [-0.4, -0.2) is 45.7 Å². The number of aliphatic hydroxyl groups excluding tert-OH is 1. The molecule has 5 nitrogen and oxygen atoms in total. The maximum atomic E-state index is 12.0. The minimum Gasteiger partial charge on any atom is -0.480 e. The molecule has 1 aromatic rings. The quantitative estimate of drug-likeness (QED) is 0.832. The molecule has 0 aliphatic carbocycles. The number of nitrogens with zero attached hydrogens (tertiary/aromatic N) is 1. The molecule has 1 aliphatic heterocycles. The van der Waals surface area contributed by atoms with Crippen molar-refractivity contribution in [3.05, 3.63) is 39.9 Å². The van der Waals surface area contributed by atoms with E-state index < -0.39 is 24.0 Å². The highest BCUT2D eigenvalue weighted by atomic mass is 35.5. The van der Waals surface area contributed by atoms with Gasteiger partial charge in [0.25, 0.3) is 0 Å². The number of likely N-dealkylation sites (tertiary alicyclic amines) is 1. The van der Waals surface area contributed by atoms with Gasteiger partial charge in [-0.05, 0) is 23.8 Å². The Morgan fingerprint density at radius 1 is 1.29 bits per heavy atom. The number of β-amino-alcohol motifs (C(OH)–C–C–N with tert-alkyl or cyclic N) is 1. The molecule has 2 N–H and O–H groups in total.